The zero-order chi connectivity index (χ0) is 14.1. The molecule has 0 bridgehead atoms. The average molecular weight is 307 g/mol. The largest absolute Gasteiger partial charge is 0.341 e. The SMILES string of the molecule is CCNC(C)c1csc(N2CCc3sccc3C2C)n1. The lowest BCUT2D eigenvalue weighted by molar-refractivity contribution is 0.582. The molecule has 0 amide bonds. The summed E-state index contributed by atoms with van der Waals surface area (Å²) in [6.45, 7) is 8.66. The molecule has 0 saturated heterocycles. The molecule has 1 aliphatic heterocycles. The number of hydrogen-bond donors (Lipinski definition) is 1. The summed E-state index contributed by atoms with van der Waals surface area (Å²) >= 11 is 3.66. The van der Waals surface area contributed by atoms with Crippen LogP contribution in [-0.2, 0) is 6.42 Å². The Bertz CT molecular complexity index is 575. The van der Waals surface area contributed by atoms with Crippen LogP contribution in [0.3, 0.4) is 0 Å². The van der Waals surface area contributed by atoms with Crippen LogP contribution in [0.4, 0.5) is 5.13 Å². The van der Waals surface area contributed by atoms with Gasteiger partial charge in [0, 0.05) is 22.8 Å². The van der Waals surface area contributed by atoms with Crippen molar-refractivity contribution in [2.75, 3.05) is 18.0 Å². The third-order valence-corrected chi connectivity index (χ3v) is 5.88. The van der Waals surface area contributed by atoms with Crippen LogP contribution < -0.4 is 10.2 Å². The van der Waals surface area contributed by atoms with Gasteiger partial charge in [-0.3, -0.25) is 0 Å². The van der Waals surface area contributed by atoms with Crippen LogP contribution in [0.1, 0.15) is 49.0 Å². The molecule has 1 aliphatic rings. The van der Waals surface area contributed by atoms with Crippen molar-refractivity contribution < 1.29 is 0 Å². The van der Waals surface area contributed by atoms with Crippen LogP contribution in [0, 0.1) is 0 Å². The van der Waals surface area contributed by atoms with E-state index in [1.807, 2.05) is 11.3 Å². The van der Waals surface area contributed by atoms with Crippen molar-refractivity contribution in [2.24, 2.45) is 0 Å². The molecule has 0 aliphatic carbocycles. The normalized spacial score (nSPS) is 19.9. The molecule has 1 N–H and O–H groups in total. The third kappa shape index (κ3) is 2.50. The summed E-state index contributed by atoms with van der Waals surface area (Å²) in [4.78, 5) is 8.84. The minimum Gasteiger partial charge on any atom is -0.341 e. The molecule has 108 valence electrons. The van der Waals surface area contributed by atoms with Gasteiger partial charge in [0.15, 0.2) is 5.13 Å². The van der Waals surface area contributed by atoms with Crippen molar-refractivity contribution in [3.63, 3.8) is 0 Å². The van der Waals surface area contributed by atoms with Gasteiger partial charge in [0.05, 0.1) is 11.7 Å². The Labute approximate surface area is 128 Å². The second-order valence-electron chi connectivity index (χ2n) is 5.25. The second-order valence-corrected chi connectivity index (χ2v) is 7.09. The van der Waals surface area contributed by atoms with Crippen LogP contribution in [0.2, 0.25) is 0 Å². The van der Waals surface area contributed by atoms with Gasteiger partial charge in [0.2, 0.25) is 0 Å². The minimum absolute atomic E-state index is 0.335. The van der Waals surface area contributed by atoms with Gasteiger partial charge in [-0.05, 0) is 43.8 Å². The predicted molar refractivity (Wildman–Crippen MR) is 88.0 cm³/mol. The molecule has 0 spiro atoms. The van der Waals surface area contributed by atoms with Gasteiger partial charge in [-0.1, -0.05) is 6.92 Å². The highest BCUT2D eigenvalue weighted by Gasteiger charge is 2.27. The molecule has 0 aromatic carbocycles. The molecule has 2 aromatic heterocycles. The maximum Gasteiger partial charge on any atom is 0.186 e. The van der Waals surface area contributed by atoms with E-state index in [2.05, 4.69) is 47.8 Å². The Morgan fingerprint density at radius 2 is 2.35 bits per heavy atom. The van der Waals surface area contributed by atoms with E-state index >= 15 is 0 Å². The number of rotatable bonds is 4. The molecule has 2 unspecified atom stereocenters. The van der Waals surface area contributed by atoms with E-state index in [1.165, 1.54) is 5.56 Å². The molecule has 3 nitrogen and oxygen atoms in total. The first kappa shape index (κ1) is 14.0. The van der Waals surface area contributed by atoms with Gasteiger partial charge in [-0.2, -0.15) is 0 Å². The highest BCUT2D eigenvalue weighted by molar-refractivity contribution is 7.13. The highest BCUT2D eigenvalue weighted by Crippen LogP contribution is 2.37. The van der Waals surface area contributed by atoms with Gasteiger partial charge in [0.1, 0.15) is 0 Å². The number of fused-ring (bicyclic) bond motifs is 1. The summed E-state index contributed by atoms with van der Waals surface area (Å²) in [6, 6.07) is 3.05. The summed E-state index contributed by atoms with van der Waals surface area (Å²) in [5, 5.41) is 9.00. The van der Waals surface area contributed by atoms with E-state index in [9.17, 15) is 0 Å². The second kappa shape index (κ2) is 5.84. The Morgan fingerprint density at radius 3 is 3.15 bits per heavy atom. The van der Waals surface area contributed by atoms with Gasteiger partial charge >= 0.3 is 0 Å². The van der Waals surface area contributed by atoms with E-state index in [1.54, 1.807) is 16.2 Å². The molecule has 0 fully saturated rings. The Morgan fingerprint density at radius 1 is 1.50 bits per heavy atom. The first-order valence-electron chi connectivity index (χ1n) is 7.22. The van der Waals surface area contributed by atoms with E-state index in [0.717, 1.165) is 30.3 Å². The molecular formula is C15H21N3S2. The Hall–Kier alpha value is -0.910. The summed E-state index contributed by atoms with van der Waals surface area (Å²) in [6.07, 6.45) is 1.15. The fourth-order valence-electron chi connectivity index (χ4n) is 2.79. The molecule has 2 aromatic rings. The number of thiophene rings is 1. The summed E-state index contributed by atoms with van der Waals surface area (Å²) < 4.78 is 0. The fraction of sp³-hybridized carbons (Fsp3) is 0.533. The molecule has 0 radical (unpaired) electrons. The monoisotopic (exact) mass is 307 g/mol. The highest BCUT2D eigenvalue weighted by atomic mass is 32.1. The lowest BCUT2D eigenvalue weighted by atomic mass is 10.0. The molecule has 2 atom stereocenters. The summed E-state index contributed by atoms with van der Waals surface area (Å²) in [7, 11) is 0. The molecule has 3 heterocycles. The number of anilines is 1. The average Bonchev–Trinajstić information content (AvgIpc) is 3.08. The van der Waals surface area contributed by atoms with Crippen LogP contribution >= 0.6 is 22.7 Å². The number of hydrogen-bond acceptors (Lipinski definition) is 5. The minimum atomic E-state index is 0.335. The smallest absolute Gasteiger partial charge is 0.186 e. The van der Waals surface area contributed by atoms with Crippen molar-refractivity contribution >= 4 is 27.8 Å². The maximum atomic E-state index is 4.85. The van der Waals surface area contributed by atoms with E-state index in [4.69, 9.17) is 4.98 Å². The molecule has 20 heavy (non-hydrogen) atoms. The number of nitrogens with zero attached hydrogens (tertiary/aromatic N) is 2. The zero-order valence-corrected chi connectivity index (χ0v) is 13.9. The summed E-state index contributed by atoms with van der Waals surface area (Å²) in [5.41, 5.74) is 2.65. The summed E-state index contributed by atoms with van der Waals surface area (Å²) in [5.74, 6) is 0. The maximum absolute atomic E-state index is 4.85. The predicted octanol–water partition coefficient (Wildman–Crippen LogP) is 4.00. The van der Waals surface area contributed by atoms with E-state index < -0.39 is 0 Å². The fourth-order valence-corrected chi connectivity index (χ4v) is 4.78. The molecule has 0 saturated carbocycles. The Balaban J connectivity index is 1.80. The zero-order valence-electron chi connectivity index (χ0n) is 12.2. The Kier molecular flexibility index (Phi) is 4.10. The van der Waals surface area contributed by atoms with E-state index in [0.29, 0.717) is 12.1 Å². The van der Waals surface area contributed by atoms with Gasteiger partial charge in [-0.15, -0.1) is 22.7 Å². The standard InChI is InChI=1S/C15H21N3S2/c1-4-16-10(2)13-9-20-15(17-13)18-7-5-14-12(11(18)3)6-8-19-14/h6,8-11,16H,4-5,7H2,1-3H3. The van der Waals surface area contributed by atoms with Crippen molar-refractivity contribution in [1.29, 1.82) is 0 Å². The van der Waals surface area contributed by atoms with E-state index in [-0.39, 0.29) is 0 Å². The lowest BCUT2D eigenvalue weighted by Gasteiger charge is -2.33. The quantitative estimate of drug-likeness (QED) is 0.925. The van der Waals surface area contributed by atoms with Gasteiger partial charge < -0.3 is 10.2 Å². The number of aromatic nitrogens is 1. The first-order valence-corrected chi connectivity index (χ1v) is 8.98. The molecular weight excluding hydrogens is 286 g/mol. The van der Waals surface area contributed by atoms with Crippen LogP contribution in [0.15, 0.2) is 16.8 Å². The van der Waals surface area contributed by atoms with Gasteiger partial charge in [-0.25, -0.2) is 4.98 Å². The van der Waals surface area contributed by atoms with Gasteiger partial charge in [0.25, 0.3) is 0 Å². The molecule has 5 heteroatoms. The van der Waals surface area contributed by atoms with Crippen molar-refractivity contribution in [2.45, 2.75) is 39.3 Å². The molecule has 3 rings (SSSR count). The van der Waals surface area contributed by atoms with Crippen molar-refractivity contribution in [3.8, 4) is 0 Å². The van der Waals surface area contributed by atoms with Crippen molar-refractivity contribution in [3.05, 3.63) is 33.0 Å². The van der Waals surface area contributed by atoms with Crippen LogP contribution in [-0.4, -0.2) is 18.1 Å². The topological polar surface area (TPSA) is 28.2 Å². The van der Waals surface area contributed by atoms with Crippen molar-refractivity contribution in [1.82, 2.24) is 10.3 Å². The van der Waals surface area contributed by atoms with Crippen LogP contribution in [0.5, 0.6) is 0 Å². The lowest BCUT2D eigenvalue weighted by Crippen LogP contribution is -2.33. The third-order valence-electron chi connectivity index (χ3n) is 3.99. The number of thiazole rings is 1. The first-order chi connectivity index (χ1) is 9.70. The van der Waals surface area contributed by atoms with Crippen LogP contribution in [0.25, 0.3) is 0 Å². The number of nitrogens with one attached hydrogen (secondary N) is 1.